The quantitative estimate of drug-likeness (QED) is 0.354. The van der Waals surface area contributed by atoms with E-state index in [1.165, 1.54) is 0 Å². The average Bonchev–Trinajstić information content (AvgIpc) is 2.26. The van der Waals surface area contributed by atoms with E-state index in [9.17, 15) is 23.3 Å². The number of hydrogen-bond acceptors (Lipinski definition) is 6. The Morgan fingerprint density at radius 1 is 1.50 bits per heavy atom. The molecule has 0 N–H and O–H groups in total. The maximum Gasteiger partial charge on any atom is 0.281 e. The highest BCUT2D eigenvalue weighted by Crippen LogP contribution is 2.35. The van der Waals surface area contributed by atoms with Crippen molar-refractivity contribution in [2.45, 2.75) is 11.8 Å². The third-order valence-corrected chi connectivity index (χ3v) is 3.37. The molecule has 0 saturated carbocycles. The first kappa shape index (κ1) is 14.4. The number of nitro groups is 1. The van der Waals surface area contributed by atoms with E-state index in [4.69, 9.17) is 15.4 Å². The molecule has 0 heterocycles. The molecular formula is C9H8ClNO6S. The van der Waals surface area contributed by atoms with Gasteiger partial charge in [0.05, 0.1) is 11.5 Å². The number of rotatable bonds is 5. The summed E-state index contributed by atoms with van der Waals surface area (Å²) in [7, 11) is 0.828. The highest BCUT2D eigenvalue weighted by molar-refractivity contribution is 8.13. The molecule has 18 heavy (non-hydrogen) atoms. The van der Waals surface area contributed by atoms with Gasteiger partial charge in [0.2, 0.25) is 0 Å². The van der Waals surface area contributed by atoms with Gasteiger partial charge in [0.1, 0.15) is 16.2 Å². The van der Waals surface area contributed by atoms with Gasteiger partial charge in [-0.1, -0.05) is 0 Å². The molecule has 9 heteroatoms. The minimum absolute atomic E-state index is 0.0654. The summed E-state index contributed by atoms with van der Waals surface area (Å²) in [5.74, 6) is -0.194. The number of carbonyl (C=O) groups is 1. The van der Waals surface area contributed by atoms with Crippen LogP contribution in [0.15, 0.2) is 17.0 Å². The van der Waals surface area contributed by atoms with Gasteiger partial charge in [0.15, 0.2) is 6.29 Å². The lowest BCUT2D eigenvalue weighted by Crippen LogP contribution is -2.06. The van der Waals surface area contributed by atoms with Gasteiger partial charge in [-0.3, -0.25) is 14.9 Å². The highest BCUT2D eigenvalue weighted by atomic mass is 35.7. The molecule has 1 aromatic rings. The van der Waals surface area contributed by atoms with E-state index >= 15 is 0 Å². The van der Waals surface area contributed by atoms with Gasteiger partial charge in [-0.25, -0.2) is 8.42 Å². The zero-order chi connectivity index (χ0) is 13.9. The van der Waals surface area contributed by atoms with Crippen LogP contribution in [0.4, 0.5) is 5.69 Å². The summed E-state index contributed by atoms with van der Waals surface area (Å²) in [6, 6.07) is 2.07. The zero-order valence-electron chi connectivity index (χ0n) is 9.12. The summed E-state index contributed by atoms with van der Waals surface area (Å²) in [5.41, 5.74) is -1.27. The molecule has 0 spiro atoms. The largest absolute Gasteiger partial charge is 0.492 e. The van der Waals surface area contributed by atoms with E-state index in [0.29, 0.717) is 0 Å². The minimum Gasteiger partial charge on any atom is -0.492 e. The van der Waals surface area contributed by atoms with Crippen LogP contribution < -0.4 is 4.74 Å². The maximum atomic E-state index is 11.4. The van der Waals surface area contributed by atoms with Crippen LogP contribution in [0.3, 0.4) is 0 Å². The summed E-state index contributed by atoms with van der Waals surface area (Å²) in [4.78, 5) is 20.0. The molecule has 0 aliphatic carbocycles. The van der Waals surface area contributed by atoms with Crippen LogP contribution in [-0.4, -0.2) is 26.2 Å². The van der Waals surface area contributed by atoms with Crippen molar-refractivity contribution in [2.24, 2.45) is 0 Å². The van der Waals surface area contributed by atoms with Crippen molar-refractivity contribution in [3.05, 3.63) is 27.8 Å². The normalized spacial score (nSPS) is 11.0. The van der Waals surface area contributed by atoms with Crippen molar-refractivity contribution < 1.29 is 22.9 Å². The van der Waals surface area contributed by atoms with Gasteiger partial charge in [-0.15, -0.1) is 0 Å². The maximum absolute atomic E-state index is 11.4. The predicted molar refractivity (Wildman–Crippen MR) is 62.7 cm³/mol. The summed E-state index contributed by atoms with van der Waals surface area (Å²) in [6.45, 7) is 1.71. The Labute approximate surface area is 107 Å². The fourth-order valence-electron chi connectivity index (χ4n) is 1.36. The third-order valence-electron chi connectivity index (χ3n) is 2.00. The fourth-order valence-corrected chi connectivity index (χ4v) is 2.62. The summed E-state index contributed by atoms with van der Waals surface area (Å²) in [5, 5.41) is 10.7. The van der Waals surface area contributed by atoms with Crippen LogP contribution in [0, 0.1) is 10.1 Å². The number of aldehydes is 1. The summed E-state index contributed by atoms with van der Waals surface area (Å²) < 4.78 is 27.8. The Kier molecular flexibility index (Phi) is 4.25. The molecule has 0 atom stereocenters. The van der Waals surface area contributed by atoms with E-state index in [0.717, 1.165) is 12.1 Å². The van der Waals surface area contributed by atoms with Crippen LogP contribution in [-0.2, 0) is 9.05 Å². The van der Waals surface area contributed by atoms with E-state index < -0.39 is 30.1 Å². The van der Waals surface area contributed by atoms with Crippen LogP contribution in [0.25, 0.3) is 0 Å². The Morgan fingerprint density at radius 3 is 2.50 bits per heavy atom. The van der Waals surface area contributed by atoms with Crippen molar-refractivity contribution in [1.82, 2.24) is 0 Å². The Morgan fingerprint density at radius 2 is 2.11 bits per heavy atom. The Hall–Kier alpha value is -1.67. The van der Waals surface area contributed by atoms with Gasteiger partial charge in [-0.05, 0) is 13.0 Å². The van der Waals surface area contributed by atoms with Crippen molar-refractivity contribution in [3.63, 3.8) is 0 Å². The number of carbonyl (C=O) groups excluding carboxylic acids is 1. The molecular weight excluding hydrogens is 286 g/mol. The zero-order valence-corrected chi connectivity index (χ0v) is 10.7. The minimum atomic E-state index is -4.34. The van der Waals surface area contributed by atoms with Crippen LogP contribution >= 0.6 is 10.7 Å². The first-order valence-corrected chi connectivity index (χ1v) is 6.97. The molecule has 7 nitrogen and oxygen atoms in total. The number of nitro benzene ring substituents is 1. The number of ether oxygens (including phenoxy) is 1. The second kappa shape index (κ2) is 5.32. The lowest BCUT2D eigenvalue weighted by molar-refractivity contribution is -0.385. The lowest BCUT2D eigenvalue weighted by atomic mass is 10.2. The first-order chi connectivity index (χ1) is 8.32. The van der Waals surface area contributed by atoms with Gasteiger partial charge < -0.3 is 4.74 Å². The third kappa shape index (κ3) is 2.77. The monoisotopic (exact) mass is 293 g/mol. The van der Waals surface area contributed by atoms with Crippen LogP contribution in [0.5, 0.6) is 5.75 Å². The SMILES string of the molecule is CCOc1ccc([N+](=O)[O-])c(C=O)c1S(=O)(=O)Cl. The van der Waals surface area contributed by atoms with Crippen molar-refractivity contribution in [3.8, 4) is 5.75 Å². The van der Waals surface area contributed by atoms with Gasteiger partial charge in [0.25, 0.3) is 14.7 Å². The van der Waals surface area contributed by atoms with E-state index in [-0.39, 0.29) is 18.6 Å². The lowest BCUT2D eigenvalue weighted by Gasteiger charge is -2.09. The molecule has 0 aromatic heterocycles. The van der Waals surface area contributed by atoms with Crippen LogP contribution in [0.2, 0.25) is 0 Å². The van der Waals surface area contributed by atoms with E-state index in [1.807, 2.05) is 0 Å². The standard InChI is InChI=1S/C9H8ClNO6S/c1-2-17-8-4-3-7(11(13)14)6(5-12)9(8)18(10,15)16/h3-5H,2H2,1H3. The molecule has 0 saturated heterocycles. The average molecular weight is 294 g/mol. The Balaban J connectivity index is 3.72. The fraction of sp³-hybridized carbons (Fsp3) is 0.222. The second-order valence-electron chi connectivity index (χ2n) is 3.07. The summed E-state index contributed by atoms with van der Waals surface area (Å²) >= 11 is 0. The van der Waals surface area contributed by atoms with Gasteiger partial charge in [-0.2, -0.15) is 0 Å². The highest BCUT2D eigenvalue weighted by Gasteiger charge is 2.28. The van der Waals surface area contributed by atoms with Crippen molar-refractivity contribution in [1.29, 1.82) is 0 Å². The molecule has 0 aliphatic rings. The van der Waals surface area contributed by atoms with Gasteiger partial charge in [0, 0.05) is 16.7 Å². The first-order valence-electron chi connectivity index (χ1n) is 4.67. The number of hydrogen-bond donors (Lipinski definition) is 0. The molecule has 98 valence electrons. The Bertz CT molecular complexity index is 597. The summed E-state index contributed by atoms with van der Waals surface area (Å²) in [6.07, 6.45) is 0.0654. The molecule has 0 amide bonds. The second-order valence-corrected chi connectivity index (χ2v) is 5.57. The van der Waals surface area contributed by atoms with E-state index in [1.54, 1.807) is 6.92 Å². The van der Waals surface area contributed by atoms with Crippen molar-refractivity contribution in [2.75, 3.05) is 6.61 Å². The number of halogens is 1. The molecule has 0 bridgehead atoms. The van der Waals surface area contributed by atoms with Gasteiger partial charge >= 0.3 is 0 Å². The number of benzene rings is 1. The molecule has 0 unspecified atom stereocenters. The number of nitrogens with zero attached hydrogens (tertiary/aromatic N) is 1. The van der Waals surface area contributed by atoms with E-state index in [2.05, 4.69) is 0 Å². The topological polar surface area (TPSA) is 104 Å². The smallest absolute Gasteiger partial charge is 0.281 e. The van der Waals surface area contributed by atoms with Crippen molar-refractivity contribution >= 4 is 31.7 Å². The predicted octanol–water partition coefficient (Wildman–Crippen LogP) is 1.73. The molecule has 1 rings (SSSR count). The molecule has 0 aliphatic heterocycles. The molecule has 0 radical (unpaired) electrons. The molecule has 0 fully saturated rings. The molecule has 1 aromatic carbocycles. The van der Waals surface area contributed by atoms with Crippen LogP contribution in [0.1, 0.15) is 17.3 Å².